The number of fused-ring (bicyclic) bond motifs is 3. The number of nitrogens with zero attached hydrogens (tertiary/aromatic N) is 4. The first-order valence-electron chi connectivity index (χ1n) is 12.0. The number of hydrogen-bond donors (Lipinski definition) is 2. The van der Waals surface area contributed by atoms with Gasteiger partial charge in [-0.05, 0) is 49.3 Å². The van der Waals surface area contributed by atoms with Crippen LogP contribution in [-0.4, -0.2) is 58.5 Å². The summed E-state index contributed by atoms with van der Waals surface area (Å²) in [6.45, 7) is 5.14. The number of benzene rings is 1. The van der Waals surface area contributed by atoms with Gasteiger partial charge < -0.3 is 20.4 Å². The van der Waals surface area contributed by atoms with Crippen LogP contribution in [0.4, 0.5) is 11.6 Å². The highest BCUT2D eigenvalue weighted by Gasteiger charge is 2.60. The van der Waals surface area contributed by atoms with E-state index in [1.54, 1.807) is 12.4 Å². The zero-order valence-corrected chi connectivity index (χ0v) is 19.0. The van der Waals surface area contributed by atoms with E-state index < -0.39 is 5.66 Å². The summed E-state index contributed by atoms with van der Waals surface area (Å²) in [7, 11) is 0. The van der Waals surface area contributed by atoms with Crippen LogP contribution in [0, 0.1) is 17.3 Å². The molecule has 3 unspecified atom stereocenters. The van der Waals surface area contributed by atoms with E-state index in [0.29, 0.717) is 18.7 Å². The lowest BCUT2D eigenvalue weighted by Gasteiger charge is -2.61. The summed E-state index contributed by atoms with van der Waals surface area (Å²) in [6.07, 6.45) is 7.14. The minimum absolute atomic E-state index is 0.00253. The number of piperazine rings is 1. The second kappa shape index (κ2) is 7.43. The average Bonchev–Trinajstić information content (AvgIpc) is 2.84. The highest BCUT2D eigenvalue weighted by Crippen LogP contribution is 2.58. The minimum atomic E-state index is -0.460. The molecule has 8 nitrogen and oxygen atoms in total. The Balaban J connectivity index is 1.18. The van der Waals surface area contributed by atoms with Crippen LogP contribution in [0.15, 0.2) is 42.7 Å². The first-order valence-corrected chi connectivity index (χ1v) is 12.0. The van der Waals surface area contributed by atoms with Crippen molar-refractivity contribution in [3.63, 3.8) is 0 Å². The van der Waals surface area contributed by atoms with Crippen molar-refractivity contribution in [1.29, 1.82) is 0 Å². The second-order valence-electron chi connectivity index (χ2n) is 10.3. The fourth-order valence-corrected chi connectivity index (χ4v) is 6.63. The van der Waals surface area contributed by atoms with E-state index >= 15 is 0 Å². The Kier molecular flexibility index (Phi) is 4.61. The summed E-state index contributed by atoms with van der Waals surface area (Å²) in [5.74, 6) is 1.23. The third-order valence-corrected chi connectivity index (χ3v) is 8.40. The van der Waals surface area contributed by atoms with Gasteiger partial charge in [0.25, 0.3) is 5.91 Å². The highest BCUT2D eigenvalue weighted by molar-refractivity contribution is 6.02. The van der Waals surface area contributed by atoms with Crippen molar-refractivity contribution >= 4 is 23.5 Å². The van der Waals surface area contributed by atoms with Crippen molar-refractivity contribution in [1.82, 2.24) is 20.2 Å². The number of nitrogens with one attached hydrogen (secondary N) is 2. The van der Waals surface area contributed by atoms with Crippen molar-refractivity contribution < 1.29 is 9.59 Å². The average molecular weight is 447 g/mol. The van der Waals surface area contributed by atoms with Gasteiger partial charge in [-0.15, -0.1) is 0 Å². The Hall–Kier alpha value is -3.16. The van der Waals surface area contributed by atoms with Gasteiger partial charge in [0.05, 0.1) is 5.56 Å². The van der Waals surface area contributed by atoms with Crippen LogP contribution in [0.5, 0.6) is 0 Å². The van der Waals surface area contributed by atoms with Crippen molar-refractivity contribution in [3.8, 4) is 0 Å². The van der Waals surface area contributed by atoms with Gasteiger partial charge in [-0.3, -0.25) is 9.59 Å². The standard InChI is InChI=1S/C25H30N6O2/c1-24-8-7-17(25(16-24)28-20-6-3-2-5-18(20)21(32)29-25)15-19(24)22(33)30-11-13-31(14-12-30)23-26-9-4-10-27-23/h2-6,9-10,17,19,28H,7-8,11-16H2,1H3,(H,29,32)/t17?,19?,24?,25-/m0/s1. The molecule has 172 valence electrons. The molecule has 4 atom stereocenters. The van der Waals surface area contributed by atoms with E-state index in [1.165, 1.54) is 0 Å². The number of carbonyl (C=O) groups is 2. The van der Waals surface area contributed by atoms with Gasteiger partial charge in [0.1, 0.15) is 5.66 Å². The lowest BCUT2D eigenvalue weighted by Crippen LogP contribution is -2.70. The summed E-state index contributed by atoms with van der Waals surface area (Å²) in [4.78, 5) is 39.5. The molecule has 3 heterocycles. The summed E-state index contributed by atoms with van der Waals surface area (Å²) in [5, 5.41) is 7.00. The van der Waals surface area contributed by atoms with Crippen LogP contribution in [-0.2, 0) is 4.79 Å². The third-order valence-electron chi connectivity index (χ3n) is 8.40. The molecule has 0 radical (unpaired) electrons. The molecule has 2 aromatic rings. The summed E-state index contributed by atoms with van der Waals surface area (Å²) in [5.41, 5.74) is 0.999. The van der Waals surface area contributed by atoms with Gasteiger partial charge in [0, 0.05) is 56.1 Å². The quantitative estimate of drug-likeness (QED) is 0.737. The predicted molar refractivity (Wildman–Crippen MR) is 125 cm³/mol. The Labute approximate surface area is 193 Å². The van der Waals surface area contributed by atoms with Gasteiger partial charge in [-0.1, -0.05) is 19.1 Å². The molecule has 2 amide bonds. The summed E-state index contributed by atoms with van der Waals surface area (Å²) in [6, 6.07) is 9.52. The number of anilines is 2. The number of hydrogen-bond acceptors (Lipinski definition) is 6. The van der Waals surface area contributed by atoms with E-state index in [2.05, 4.69) is 32.4 Å². The largest absolute Gasteiger partial charge is 0.362 e. The van der Waals surface area contributed by atoms with Gasteiger partial charge >= 0.3 is 0 Å². The smallest absolute Gasteiger partial charge is 0.255 e. The molecule has 1 spiro atoms. The van der Waals surface area contributed by atoms with Gasteiger partial charge in [0.2, 0.25) is 11.9 Å². The molecule has 5 aliphatic rings. The number of rotatable bonds is 2. The molecule has 1 saturated heterocycles. The Morgan fingerprint density at radius 1 is 1.06 bits per heavy atom. The molecule has 8 heteroatoms. The van der Waals surface area contributed by atoms with Crippen molar-refractivity contribution in [2.24, 2.45) is 17.3 Å². The van der Waals surface area contributed by atoms with Crippen LogP contribution in [0.25, 0.3) is 0 Å². The SMILES string of the molecule is CC12CCC(CC1C(=O)N1CCN(c3ncccn3)CC1)[C@]1(C2)NC(=O)c2ccccc2N1. The second-order valence-corrected chi connectivity index (χ2v) is 10.3. The number of amides is 2. The fraction of sp³-hybridized carbons (Fsp3) is 0.520. The van der Waals surface area contributed by atoms with Gasteiger partial charge in [-0.25, -0.2) is 9.97 Å². The van der Waals surface area contributed by atoms with Crippen LogP contribution >= 0.6 is 0 Å². The predicted octanol–water partition coefficient (Wildman–Crippen LogP) is 2.50. The molecule has 2 bridgehead atoms. The lowest BCUT2D eigenvalue weighted by atomic mass is 9.51. The summed E-state index contributed by atoms with van der Waals surface area (Å²) >= 11 is 0. The van der Waals surface area contributed by atoms with E-state index in [-0.39, 0.29) is 29.1 Å². The molecule has 33 heavy (non-hydrogen) atoms. The highest BCUT2D eigenvalue weighted by atomic mass is 16.2. The first-order chi connectivity index (χ1) is 16.0. The molecule has 1 aromatic carbocycles. The zero-order chi connectivity index (χ0) is 22.6. The van der Waals surface area contributed by atoms with E-state index in [9.17, 15) is 9.59 Å². The van der Waals surface area contributed by atoms with Gasteiger partial charge in [-0.2, -0.15) is 0 Å². The van der Waals surface area contributed by atoms with Crippen LogP contribution in [0.2, 0.25) is 0 Å². The fourth-order valence-electron chi connectivity index (χ4n) is 6.63. The normalized spacial score (nSPS) is 32.8. The Morgan fingerprint density at radius 2 is 1.82 bits per heavy atom. The molecule has 1 aromatic heterocycles. The molecular weight excluding hydrogens is 416 g/mol. The Bertz CT molecular complexity index is 1090. The summed E-state index contributed by atoms with van der Waals surface area (Å²) < 4.78 is 0. The van der Waals surface area contributed by atoms with Crippen molar-refractivity contribution in [2.45, 2.75) is 38.3 Å². The molecule has 3 saturated carbocycles. The molecule has 3 aliphatic carbocycles. The Morgan fingerprint density at radius 3 is 2.58 bits per heavy atom. The monoisotopic (exact) mass is 446 g/mol. The molecule has 2 aliphatic heterocycles. The topological polar surface area (TPSA) is 90.5 Å². The minimum Gasteiger partial charge on any atom is -0.362 e. The van der Waals surface area contributed by atoms with Crippen molar-refractivity contribution in [2.75, 3.05) is 36.4 Å². The van der Waals surface area contributed by atoms with E-state index in [4.69, 9.17) is 0 Å². The molecular formula is C25H30N6O2. The maximum atomic E-state index is 13.7. The number of aromatic nitrogens is 2. The number of carbonyl (C=O) groups excluding carboxylic acids is 2. The molecule has 2 N–H and O–H groups in total. The van der Waals surface area contributed by atoms with Crippen LogP contribution in [0.3, 0.4) is 0 Å². The van der Waals surface area contributed by atoms with E-state index in [1.807, 2.05) is 35.2 Å². The van der Waals surface area contributed by atoms with E-state index in [0.717, 1.165) is 50.4 Å². The van der Waals surface area contributed by atoms with Crippen molar-refractivity contribution in [3.05, 3.63) is 48.3 Å². The molecule has 4 fully saturated rings. The van der Waals surface area contributed by atoms with Gasteiger partial charge in [0.15, 0.2) is 0 Å². The molecule has 7 rings (SSSR count). The maximum absolute atomic E-state index is 13.7. The maximum Gasteiger partial charge on any atom is 0.255 e. The zero-order valence-electron chi connectivity index (χ0n) is 19.0. The first kappa shape index (κ1) is 20.4. The third kappa shape index (κ3) is 3.26. The number of para-hydroxylation sites is 1. The lowest BCUT2D eigenvalue weighted by molar-refractivity contribution is -0.150. The van der Waals surface area contributed by atoms with Crippen LogP contribution < -0.4 is 15.5 Å². The van der Waals surface area contributed by atoms with Crippen LogP contribution in [0.1, 0.15) is 43.0 Å².